The topological polar surface area (TPSA) is 25.8 Å². The number of hydrogen-bond acceptors (Lipinski definition) is 2. The van der Waals surface area contributed by atoms with Crippen LogP contribution in [0.25, 0.3) is 0 Å². The third kappa shape index (κ3) is 4.72. The molecule has 0 atom stereocenters. The number of rotatable bonds is 0. The van der Waals surface area contributed by atoms with Crippen molar-refractivity contribution in [2.75, 3.05) is 0 Å². The van der Waals surface area contributed by atoms with Gasteiger partial charge in [-0.05, 0) is 20.5 Å². The molecule has 0 aromatic carbocycles. The Labute approximate surface area is 89.7 Å². The molecule has 0 fully saturated rings. The Kier molecular flexibility index (Phi) is 7.28. The molecule has 0 aliphatic heterocycles. The molecule has 0 N–H and O–H groups in total. The fourth-order valence-corrected chi connectivity index (χ4v) is 0.656. The van der Waals surface area contributed by atoms with Crippen molar-refractivity contribution in [2.24, 2.45) is 0 Å². The quantitative estimate of drug-likeness (QED) is 0.537. The summed E-state index contributed by atoms with van der Waals surface area (Å²) in [6.07, 6.45) is 0. The molecule has 1 rings (SSSR count). The molecular weight excluding hydrogens is 337 g/mol. The van der Waals surface area contributed by atoms with E-state index >= 15 is 0 Å². The van der Waals surface area contributed by atoms with Crippen LogP contribution in [-0.4, -0.2) is 10.2 Å². The van der Waals surface area contributed by atoms with Crippen LogP contribution < -0.4 is 0 Å². The molecule has 0 saturated heterocycles. The van der Waals surface area contributed by atoms with Crippen molar-refractivity contribution in [3.63, 3.8) is 0 Å². The molecule has 6 heteroatoms. The van der Waals surface area contributed by atoms with E-state index in [0.717, 1.165) is 17.3 Å². The fourth-order valence-electron chi connectivity index (χ4n) is 0.269. The van der Waals surface area contributed by atoms with Gasteiger partial charge in [0.15, 0.2) is 0 Å². The SMILES string of the molecule is Brc1[c-]cc(Br)nn1.[Cl][Zn+]. The van der Waals surface area contributed by atoms with Crippen molar-refractivity contribution >= 4 is 41.6 Å². The molecule has 0 radical (unpaired) electrons. The van der Waals surface area contributed by atoms with Crippen molar-refractivity contribution in [1.82, 2.24) is 10.2 Å². The Balaban J connectivity index is 0.000000371. The van der Waals surface area contributed by atoms with E-state index in [1.54, 1.807) is 6.07 Å². The molecule has 0 aliphatic carbocycles. The first-order chi connectivity index (χ1) is 4.79. The standard InChI is InChI=1S/C4HBr2N2.ClH.Zn/c5-3-1-2-4(6)8-7-3;;/h1H;1H;/q-1;;+2/p-1. The third-order valence-electron chi connectivity index (χ3n) is 0.544. The first kappa shape index (κ1) is 11.0. The number of hydrogen-bond donors (Lipinski definition) is 0. The summed E-state index contributed by atoms with van der Waals surface area (Å²) in [7, 11) is 4.76. The van der Waals surface area contributed by atoms with Crippen LogP contribution >= 0.6 is 41.6 Å². The summed E-state index contributed by atoms with van der Waals surface area (Å²) in [6, 6.07) is 4.49. The first-order valence-electron chi connectivity index (χ1n) is 2.12. The second-order valence-electron chi connectivity index (χ2n) is 1.10. The minimum atomic E-state index is 0.626. The summed E-state index contributed by atoms with van der Waals surface area (Å²) in [5.74, 6) is 0. The molecule has 0 amide bonds. The summed E-state index contributed by atoms with van der Waals surface area (Å²) in [6.45, 7) is 0. The zero-order chi connectivity index (χ0) is 7.98. The van der Waals surface area contributed by atoms with Gasteiger partial charge >= 0.3 is 27.0 Å². The van der Waals surface area contributed by atoms with Crippen molar-refractivity contribution in [3.8, 4) is 0 Å². The minimum absolute atomic E-state index is 0.626. The molecule has 50 valence electrons. The number of halogens is 3. The van der Waals surface area contributed by atoms with E-state index in [2.05, 4.69) is 48.1 Å². The average Bonchev–Trinajstić information content (AvgIpc) is 2.00. The summed E-state index contributed by atoms with van der Waals surface area (Å²) in [4.78, 5) is 0. The van der Waals surface area contributed by atoms with E-state index in [0.29, 0.717) is 9.21 Å². The fraction of sp³-hybridized carbons (Fsp3) is 0. The predicted octanol–water partition coefficient (Wildman–Crippen LogP) is 2.49. The van der Waals surface area contributed by atoms with E-state index < -0.39 is 0 Å². The molecule has 0 aliphatic rings. The molecule has 1 aromatic rings. The zero-order valence-corrected chi connectivity index (χ0v) is 11.7. The average molecular weight is 338 g/mol. The van der Waals surface area contributed by atoms with Crippen molar-refractivity contribution in [3.05, 3.63) is 21.3 Å². The first-order valence-corrected chi connectivity index (χ1v) is 7.60. The molecule has 0 unspecified atom stereocenters. The van der Waals surface area contributed by atoms with Gasteiger partial charge in [-0.25, -0.2) is 11.2 Å². The zero-order valence-electron chi connectivity index (χ0n) is 4.81. The summed E-state index contributed by atoms with van der Waals surface area (Å²) >= 11 is 7.06. The monoisotopic (exact) mass is 334 g/mol. The molecule has 1 aromatic heterocycles. The van der Waals surface area contributed by atoms with E-state index in [1.165, 1.54) is 0 Å². The molecule has 0 spiro atoms. The Bertz CT molecular complexity index is 160. The van der Waals surface area contributed by atoms with Crippen molar-refractivity contribution < 1.29 is 17.3 Å². The van der Waals surface area contributed by atoms with Crippen LogP contribution in [0.1, 0.15) is 0 Å². The van der Waals surface area contributed by atoms with Gasteiger partial charge in [0.05, 0.1) is 0 Å². The predicted molar refractivity (Wildman–Crippen MR) is 42.1 cm³/mol. The third-order valence-corrected chi connectivity index (χ3v) is 1.32. The van der Waals surface area contributed by atoms with Crippen LogP contribution in [0.4, 0.5) is 0 Å². The Morgan fingerprint density at radius 2 is 2.00 bits per heavy atom. The van der Waals surface area contributed by atoms with Crippen molar-refractivity contribution in [2.45, 2.75) is 0 Å². The Morgan fingerprint density at radius 3 is 2.30 bits per heavy atom. The van der Waals surface area contributed by atoms with Crippen LogP contribution in [-0.2, 0) is 17.3 Å². The molecule has 1 heterocycles. The summed E-state index contributed by atoms with van der Waals surface area (Å²) in [5, 5.41) is 7.31. The van der Waals surface area contributed by atoms with Crippen LogP contribution in [0.5, 0.6) is 0 Å². The summed E-state index contributed by atoms with van der Waals surface area (Å²) < 4.78 is 1.32. The molecular formula is C4HBr2ClN2Zn. The Hall–Kier alpha value is 0.953. The second kappa shape index (κ2) is 6.65. The molecule has 10 heavy (non-hydrogen) atoms. The number of aromatic nitrogens is 2. The van der Waals surface area contributed by atoms with Gasteiger partial charge in [0.1, 0.15) is 0 Å². The van der Waals surface area contributed by atoms with Gasteiger partial charge in [-0.1, -0.05) is 0 Å². The van der Waals surface area contributed by atoms with Gasteiger partial charge in [-0.15, -0.1) is 0 Å². The van der Waals surface area contributed by atoms with E-state index in [4.69, 9.17) is 9.69 Å². The van der Waals surface area contributed by atoms with Gasteiger partial charge in [0, 0.05) is 4.60 Å². The van der Waals surface area contributed by atoms with Gasteiger partial charge in [0.2, 0.25) is 0 Å². The van der Waals surface area contributed by atoms with Crippen LogP contribution in [0.15, 0.2) is 15.3 Å². The summed E-state index contributed by atoms with van der Waals surface area (Å²) in [5.41, 5.74) is 0. The van der Waals surface area contributed by atoms with E-state index in [1.807, 2.05) is 0 Å². The van der Waals surface area contributed by atoms with Gasteiger partial charge < -0.3 is 0 Å². The van der Waals surface area contributed by atoms with Crippen LogP contribution in [0, 0.1) is 6.07 Å². The van der Waals surface area contributed by atoms with Gasteiger partial charge in [0.25, 0.3) is 0 Å². The number of nitrogens with zero attached hydrogens (tertiary/aromatic N) is 2. The molecule has 0 bridgehead atoms. The van der Waals surface area contributed by atoms with E-state index in [9.17, 15) is 0 Å². The molecule has 2 nitrogen and oxygen atoms in total. The van der Waals surface area contributed by atoms with E-state index in [-0.39, 0.29) is 0 Å². The molecule has 0 saturated carbocycles. The van der Waals surface area contributed by atoms with Crippen LogP contribution in [0.2, 0.25) is 0 Å². The second-order valence-corrected chi connectivity index (χ2v) is 2.67. The Morgan fingerprint density at radius 1 is 1.40 bits per heavy atom. The van der Waals surface area contributed by atoms with Gasteiger partial charge in [-0.3, -0.25) is 0 Å². The van der Waals surface area contributed by atoms with Gasteiger partial charge in [-0.2, -0.15) is 27.1 Å². The van der Waals surface area contributed by atoms with Crippen LogP contribution in [0.3, 0.4) is 0 Å². The normalized spacial score (nSPS) is 8.10. The maximum absolute atomic E-state index is 4.76. The van der Waals surface area contributed by atoms with Crippen molar-refractivity contribution in [1.29, 1.82) is 0 Å². The maximum atomic E-state index is 4.76.